The highest BCUT2D eigenvalue weighted by Crippen LogP contribution is 2.25. The van der Waals surface area contributed by atoms with Gasteiger partial charge in [0.1, 0.15) is 11.5 Å². The first-order valence-electron chi connectivity index (χ1n) is 5.87. The summed E-state index contributed by atoms with van der Waals surface area (Å²) in [6, 6.07) is 7.09. The molecule has 1 heterocycles. The molecule has 0 saturated carbocycles. The van der Waals surface area contributed by atoms with Gasteiger partial charge in [0.15, 0.2) is 0 Å². The second-order valence-electron chi connectivity index (χ2n) is 3.94. The van der Waals surface area contributed by atoms with Gasteiger partial charge >= 0.3 is 0 Å². The molecule has 0 aliphatic carbocycles. The van der Waals surface area contributed by atoms with Crippen LogP contribution in [0.15, 0.2) is 34.1 Å². The van der Waals surface area contributed by atoms with E-state index in [1.165, 1.54) is 7.11 Å². The zero-order valence-corrected chi connectivity index (χ0v) is 13.5. The van der Waals surface area contributed by atoms with Crippen LogP contribution in [-0.2, 0) is 6.54 Å². The fraction of sp³-hybridized carbons (Fsp3) is 0.214. The third-order valence-corrected chi connectivity index (χ3v) is 4.68. The number of carbonyl (C=O) groups excluding carboxylic acids is 1. The molecule has 1 amide bonds. The number of methoxy groups -OCH3 is 2. The van der Waals surface area contributed by atoms with Crippen LogP contribution in [-0.4, -0.2) is 20.1 Å². The van der Waals surface area contributed by atoms with Crippen LogP contribution in [0.3, 0.4) is 0 Å². The molecule has 0 radical (unpaired) electrons. The van der Waals surface area contributed by atoms with Crippen molar-refractivity contribution in [2.75, 3.05) is 14.2 Å². The molecule has 2 aromatic rings. The van der Waals surface area contributed by atoms with Crippen molar-refractivity contribution in [3.05, 3.63) is 44.6 Å². The van der Waals surface area contributed by atoms with Crippen molar-refractivity contribution in [1.29, 1.82) is 0 Å². The summed E-state index contributed by atoms with van der Waals surface area (Å²) in [7, 11) is 3.10. The van der Waals surface area contributed by atoms with Gasteiger partial charge in [-0.05, 0) is 45.6 Å². The topological polar surface area (TPSA) is 47.6 Å². The second-order valence-corrected chi connectivity index (χ2v) is 5.80. The van der Waals surface area contributed by atoms with Crippen molar-refractivity contribution in [2.45, 2.75) is 6.54 Å². The number of halogens is 1. The third-order valence-electron chi connectivity index (χ3n) is 2.75. The van der Waals surface area contributed by atoms with Gasteiger partial charge in [0.2, 0.25) is 0 Å². The van der Waals surface area contributed by atoms with Gasteiger partial charge in [-0.15, -0.1) is 11.3 Å². The van der Waals surface area contributed by atoms with Gasteiger partial charge in [-0.25, -0.2) is 0 Å². The molecular formula is C14H14BrNO3S. The molecule has 0 atom stereocenters. The predicted molar refractivity (Wildman–Crippen MR) is 82.7 cm³/mol. The van der Waals surface area contributed by atoms with Crippen LogP contribution >= 0.6 is 27.3 Å². The van der Waals surface area contributed by atoms with Gasteiger partial charge in [-0.1, -0.05) is 0 Å². The number of carbonyl (C=O) groups is 1. The number of nitrogens with one attached hydrogen (secondary N) is 1. The Morgan fingerprint density at radius 3 is 2.70 bits per heavy atom. The Morgan fingerprint density at radius 1 is 1.30 bits per heavy atom. The van der Waals surface area contributed by atoms with Crippen LogP contribution in [0.4, 0.5) is 0 Å². The highest BCUT2D eigenvalue weighted by molar-refractivity contribution is 9.10. The van der Waals surface area contributed by atoms with E-state index in [-0.39, 0.29) is 5.91 Å². The van der Waals surface area contributed by atoms with Gasteiger partial charge in [-0.2, -0.15) is 0 Å². The lowest BCUT2D eigenvalue weighted by atomic mass is 10.1. The van der Waals surface area contributed by atoms with Crippen LogP contribution in [0.1, 0.15) is 15.2 Å². The number of hydrogen-bond acceptors (Lipinski definition) is 4. The number of amides is 1. The first-order chi connectivity index (χ1) is 9.65. The molecule has 0 bridgehead atoms. The molecule has 106 valence electrons. The van der Waals surface area contributed by atoms with E-state index in [9.17, 15) is 4.79 Å². The summed E-state index contributed by atoms with van der Waals surface area (Å²) in [4.78, 5) is 13.3. The minimum absolute atomic E-state index is 0.193. The minimum Gasteiger partial charge on any atom is -0.497 e. The lowest BCUT2D eigenvalue weighted by molar-refractivity contribution is 0.0948. The minimum atomic E-state index is -0.193. The van der Waals surface area contributed by atoms with E-state index in [2.05, 4.69) is 21.2 Å². The third kappa shape index (κ3) is 3.32. The Morgan fingerprint density at radius 2 is 2.10 bits per heavy atom. The van der Waals surface area contributed by atoms with Gasteiger partial charge in [0.25, 0.3) is 5.91 Å². The largest absolute Gasteiger partial charge is 0.497 e. The summed E-state index contributed by atoms with van der Waals surface area (Å²) in [6.07, 6.45) is 0. The Labute approximate surface area is 129 Å². The summed E-state index contributed by atoms with van der Waals surface area (Å²) < 4.78 is 11.3. The van der Waals surface area contributed by atoms with Crippen molar-refractivity contribution in [2.24, 2.45) is 0 Å². The van der Waals surface area contributed by atoms with Crippen LogP contribution < -0.4 is 14.8 Å². The van der Waals surface area contributed by atoms with E-state index < -0.39 is 0 Å². The smallest absolute Gasteiger partial charge is 0.255 e. The molecule has 1 aromatic heterocycles. The van der Waals surface area contributed by atoms with E-state index in [4.69, 9.17) is 9.47 Å². The second kappa shape index (κ2) is 6.76. The molecule has 0 unspecified atom stereocenters. The number of benzene rings is 1. The van der Waals surface area contributed by atoms with Crippen LogP contribution in [0.5, 0.6) is 11.5 Å². The van der Waals surface area contributed by atoms with Crippen LogP contribution in [0, 0.1) is 0 Å². The molecule has 0 aliphatic rings. The molecule has 4 nitrogen and oxygen atoms in total. The van der Waals surface area contributed by atoms with Crippen molar-refractivity contribution in [1.82, 2.24) is 5.32 Å². The van der Waals surface area contributed by atoms with Crippen molar-refractivity contribution in [3.8, 4) is 11.5 Å². The van der Waals surface area contributed by atoms with Crippen molar-refractivity contribution < 1.29 is 14.3 Å². The zero-order valence-electron chi connectivity index (χ0n) is 11.1. The van der Waals surface area contributed by atoms with E-state index in [1.807, 2.05) is 11.4 Å². The molecule has 20 heavy (non-hydrogen) atoms. The summed E-state index contributed by atoms with van der Waals surface area (Å²) >= 11 is 5.02. The molecule has 1 aromatic carbocycles. The lowest BCUT2D eigenvalue weighted by Gasteiger charge is -2.10. The number of hydrogen-bond donors (Lipinski definition) is 1. The standard InChI is InChI=1S/C14H14BrNO3S/c1-18-9-3-4-12(19-2)10(7-9)14(17)16-8-13-11(15)5-6-20-13/h3-7H,8H2,1-2H3,(H,16,17). The molecule has 0 fully saturated rings. The molecule has 2 rings (SSSR count). The predicted octanol–water partition coefficient (Wildman–Crippen LogP) is 3.46. The zero-order chi connectivity index (χ0) is 14.5. The normalized spacial score (nSPS) is 10.2. The number of rotatable bonds is 5. The monoisotopic (exact) mass is 355 g/mol. The fourth-order valence-electron chi connectivity index (χ4n) is 1.70. The Kier molecular flexibility index (Phi) is 5.03. The summed E-state index contributed by atoms with van der Waals surface area (Å²) in [5.41, 5.74) is 0.458. The number of ether oxygens (including phenoxy) is 2. The molecule has 0 spiro atoms. The SMILES string of the molecule is COc1ccc(OC)c(C(=O)NCc2sccc2Br)c1. The average molecular weight is 356 g/mol. The fourth-order valence-corrected chi connectivity index (χ4v) is 3.13. The summed E-state index contributed by atoms with van der Waals surface area (Å²) in [5.74, 6) is 0.947. The Balaban J connectivity index is 2.14. The van der Waals surface area contributed by atoms with Gasteiger partial charge in [-0.3, -0.25) is 4.79 Å². The van der Waals surface area contributed by atoms with Gasteiger partial charge in [0, 0.05) is 9.35 Å². The first-order valence-corrected chi connectivity index (χ1v) is 7.55. The summed E-state index contributed by atoms with van der Waals surface area (Å²) in [6.45, 7) is 0.470. The maximum Gasteiger partial charge on any atom is 0.255 e. The average Bonchev–Trinajstić information content (AvgIpc) is 2.89. The first kappa shape index (κ1) is 14.9. The van der Waals surface area contributed by atoms with E-state index >= 15 is 0 Å². The molecule has 0 aliphatic heterocycles. The maximum absolute atomic E-state index is 12.2. The highest BCUT2D eigenvalue weighted by atomic mass is 79.9. The van der Waals surface area contributed by atoms with E-state index in [0.717, 1.165) is 9.35 Å². The summed E-state index contributed by atoms with van der Waals surface area (Å²) in [5, 5.41) is 4.84. The van der Waals surface area contributed by atoms with E-state index in [0.29, 0.717) is 23.6 Å². The maximum atomic E-state index is 12.2. The molecule has 0 saturated heterocycles. The Bertz CT molecular complexity index is 612. The van der Waals surface area contributed by atoms with Crippen molar-refractivity contribution in [3.63, 3.8) is 0 Å². The quantitative estimate of drug-likeness (QED) is 0.893. The Hall–Kier alpha value is -1.53. The van der Waals surface area contributed by atoms with Crippen LogP contribution in [0.25, 0.3) is 0 Å². The van der Waals surface area contributed by atoms with Crippen molar-refractivity contribution >= 4 is 33.2 Å². The van der Waals surface area contributed by atoms with Crippen LogP contribution in [0.2, 0.25) is 0 Å². The van der Waals surface area contributed by atoms with E-state index in [1.54, 1.807) is 36.6 Å². The van der Waals surface area contributed by atoms with Gasteiger partial charge in [0.05, 0.1) is 26.3 Å². The van der Waals surface area contributed by atoms with Gasteiger partial charge < -0.3 is 14.8 Å². The lowest BCUT2D eigenvalue weighted by Crippen LogP contribution is -2.23. The number of thiophene rings is 1. The molecule has 6 heteroatoms. The molecular weight excluding hydrogens is 342 g/mol. The molecule has 1 N–H and O–H groups in total. The highest BCUT2D eigenvalue weighted by Gasteiger charge is 2.14.